The number of anilines is 3. The molecule has 0 amide bonds. The summed E-state index contributed by atoms with van der Waals surface area (Å²) in [5, 5.41) is 13.7. The molecule has 0 radical (unpaired) electrons. The van der Waals surface area contributed by atoms with Gasteiger partial charge < -0.3 is 15.8 Å². The molecule has 11 nitrogen and oxygen atoms in total. The summed E-state index contributed by atoms with van der Waals surface area (Å²) in [7, 11) is -3.37. The van der Waals surface area contributed by atoms with Gasteiger partial charge in [0, 0.05) is 41.1 Å². The number of aromatic nitrogens is 6. The van der Waals surface area contributed by atoms with Gasteiger partial charge in [0.2, 0.25) is 17.7 Å². The second kappa shape index (κ2) is 10.6. The van der Waals surface area contributed by atoms with Crippen molar-refractivity contribution in [2.75, 3.05) is 17.3 Å². The van der Waals surface area contributed by atoms with Gasteiger partial charge in [-0.2, -0.15) is 0 Å². The molecule has 6 rings (SSSR count). The number of nitrogens with zero attached hydrogens (tertiary/aromatic N) is 6. The minimum atomic E-state index is -3.37. The van der Waals surface area contributed by atoms with Gasteiger partial charge in [0.1, 0.15) is 5.69 Å². The van der Waals surface area contributed by atoms with Crippen LogP contribution in [0.2, 0.25) is 0 Å². The standard InChI is InChI=1S/C29H22N8O3S/c1-41(38,39)20-7-4-6-18(16-20)26-21-8-2-3-9-22(21)27(37-36-26)34-19-11-12-25(33-17-19)40-28-23(10-5-14-31-28)24-13-15-32-29(30)35-24/h2-17H,1H3,(H,34,37)(H2,30,32,35). The molecule has 0 bridgehead atoms. The molecule has 12 heteroatoms. The molecular formula is C29H22N8O3S. The molecule has 0 aliphatic heterocycles. The Morgan fingerprint density at radius 2 is 1.68 bits per heavy atom. The first-order chi connectivity index (χ1) is 19.8. The Bertz CT molecular complexity index is 2000. The summed E-state index contributed by atoms with van der Waals surface area (Å²) in [4.78, 5) is 17.1. The smallest absolute Gasteiger partial charge is 0.230 e. The quantitative estimate of drug-likeness (QED) is 0.268. The summed E-state index contributed by atoms with van der Waals surface area (Å²) in [5.74, 6) is 1.32. The molecule has 202 valence electrons. The third kappa shape index (κ3) is 5.49. The van der Waals surface area contributed by atoms with Crippen LogP contribution in [0.25, 0.3) is 33.3 Å². The second-order valence-corrected chi connectivity index (χ2v) is 11.0. The number of pyridine rings is 2. The van der Waals surface area contributed by atoms with E-state index in [1.165, 1.54) is 6.26 Å². The van der Waals surface area contributed by atoms with Gasteiger partial charge in [0.05, 0.1) is 28.0 Å². The summed E-state index contributed by atoms with van der Waals surface area (Å²) in [6, 6.07) is 23.1. The maximum absolute atomic E-state index is 12.1. The number of fused-ring (bicyclic) bond motifs is 1. The zero-order valence-corrected chi connectivity index (χ0v) is 22.4. The highest BCUT2D eigenvalue weighted by Gasteiger charge is 2.15. The van der Waals surface area contributed by atoms with Crippen molar-refractivity contribution in [1.29, 1.82) is 0 Å². The fourth-order valence-corrected chi connectivity index (χ4v) is 4.89. The van der Waals surface area contributed by atoms with Crippen molar-refractivity contribution in [2.24, 2.45) is 0 Å². The van der Waals surface area contributed by atoms with Crippen LogP contribution in [-0.2, 0) is 9.84 Å². The average molecular weight is 563 g/mol. The number of sulfone groups is 1. The second-order valence-electron chi connectivity index (χ2n) is 9.01. The molecule has 3 N–H and O–H groups in total. The number of nitrogen functional groups attached to an aromatic ring is 1. The minimum absolute atomic E-state index is 0.150. The van der Waals surface area contributed by atoms with Gasteiger partial charge in [-0.1, -0.05) is 36.4 Å². The van der Waals surface area contributed by atoms with E-state index in [1.54, 1.807) is 61.1 Å². The average Bonchev–Trinajstić information content (AvgIpc) is 2.98. The van der Waals surface area contributed by atoms with Crippen LogP contribution in [0, 0.1) is 0 Å². The molecule has 0 fully saturated rings. The fraction of sp³-hybridized carbons (Fsp3) is 0.0345. The highest BCUT2D eigenvalue weighted by atomic mass is 32.2. The zero-order valence-electron chi connectivity index (χ0n) is 21.6. The maximum Gasteiger partial charge on any atom is 0.230 e. The van der Waals surface area contributed by atoms with Crippen molar-refractivity contribution in [2.45, 2.75) is 4.90 Å². The van der Waals surface area contributed by atoms with Crippen molar-refractivity contribution < 1.29 is 13.2 Å². The van der Waals surface area contributed by atoms with Crippen LogP contribution < -0.4 is 15.8 Å². The largest absolute Gasteiger partial charge is 0.420 e. The lowest BCUT2D eigenvalue weighted by Crippen LogP contribution is -2.01. The normalized spacial score (nSPS) is 11.3. The van der Waals surface area contributed by atoms with Gasteiger partial charge in [-0.05, 0) is 36.4 Å². The Hall–Kier alpha value is -5.49. The first kappa shape index (κ1) is 25.8. The molecule has 0 saturated heterocycles. The van der Waals surface area contributed by atoms with E-state index in [2.05, 4.69) is 35.5 Å². The first-order valence-corrected chi connectivity index (χ1v) is 14.2. The SMILES string of the molecule is CS(=O)(=O)c1cccc(-c2nnc(Nc3ccc(Oc4ncccc4-c4ccnc(N)n4)nc3)c3ccccc23)c1. The Morgan fingerprint density at radius 1 is 0.829 bits per heavy atom. The predicted octanol–water partition coefficient (Wildman–Crippen LogP) is 5.07. The number of hydrogen-bond donors (Lipinski definition) is 2. The third-order valence-corrected chi connectivity index (χ3v) is 7.25. The van der Waals surface area contributed by atoms with E-state index >= 15 is 0 Å². The number of nitrogens with one attached hydrogen (secondary N) is 1. The summed E-state index contributed by atoms with van der Waals surface area (Å²) in [6.45, 7) is 0. The van der Waals surface area contributed by atoms with Crippen molar-refractivity contribution in [3.8, 4) is 34.3 Å². The molecule has 0 unspecified atom stereocenters. The summed E-state index contributed by atoms with van der Waals surface area (Å²) >= 11 is 0. The van der Waals surface area contributed by atoms with Gasteiger partial charge >= 0.3 is 0 Å². The summed E-state index contributed by atoms with van der Waals surface area (Å²) < 4.78 is 30.1. The third-order valence-electron chi connectivity index (χ3n) is 6.14. The molecular weight excluding hydrogens is 540 g/mol. The summed E-state index contributed by atoms with van der Waals surface area (Å²) in [6.07, 6.45) is 5.97. The van der Waals surface area contributed by atoms with E-state index in [1.807, 2.05) is 36.4 Å². The molecule has 4 aromatic heterocycles. The van der Waals surface area contributed by atoms with Crippen molar-refractivity contribution in [3.05, 3.63) is 97.5 Å². The van der Waals surface area contributed by atoms with Crippen LogP contribution >= 0.6 is 0 Å². The molecule has 0 atom stereocenters. The van der Waals surface area contributed by atoms with E-state index in [-0.39, 0.29) is 10.8 Å². The zero-order chi connectivity index (χ0) is 28.4. The molecule has 41 heavy (non-hydrogen) atoms. The van der Waals surface area contributed by atoms with Crippen LogP contribution in [0.4, 0.5) is 17.5 Å². The highest BCUT2D eigenvalue weighted by molar-refractivity contribution is 7.90. The van der Waals surface area contributed by atoms with Crippen LogP contribution in [0.1, 0.15) is 0 Å². The molecule has 4 heterocycles. The van der Waals surface area contributed by atoms with E-state index < -0.39 is 9.84 Å². The Morgan fingerprint density at radius 3 is 2.46 bits per heavy atom. The van der Waals surface area contributed by atoms with Crippen LogP contribution in [0.15, 0.2) is 102 Å². The molecule has 0 aliphatic rings. The van der Waals surface area contributed by atoms with E-state index in [9.17, 15) is 8.42 Å². The lowest BCUT2D eigenvalue weighted by atomic mass is 10.0. The van der Waals surface area contributed by atoms with E-state index in [4.69, 9.17) is 10.5 Å². The Balaban J connectivity index is 1.27. The first-order valence-electron chi connectivity index (χ1n) is 12.4. The van der Waals surface area contributed by atoms with Crippen molar-refractivity contribution in [3.63, 3.8) is 0 Å². The lowest BCUT2D eigenvalue weighted by Gasteiger charge is -2.12. The Labute approximate surface area is 235 Å². The number of benzene rings is 2. The van der Waals surface area contributed by atoms with Gasteiger partial charge in [0.25, 0.3) is 0 Å². The van der Waals surface area contributed by atoms with Crippen LogP contribution in [0.5, 0.6) is 11.8 Å². The summed E-state index contributed by atoms with van der Waals surface area (Å²) in [5.41, 5.74) is 8.86. The van der Waals surface area contributed by atoms with Crippen LogP contribution in [0.3, 0.4) is 0 Å². The van der Waals surface area contributed by atoms with Crippen LogP contribution in [-0.4, -0.2) is 44.8 Å². The van der Waals surface area contributed by atoms with Gasteiger partial charge in [0.15, 0.2) is 15.7 Å². The molecule has 0 saturated carbocycles. The topological polar surface area (TPSA) is 159 Å². The number of nitrogens with two attached hydrogens (primary N) is 1. The maximum atomic E-state index is 12.1. The van der Waals surface area contributed by atoms with E-state index in [0.29, 0.717) is 45.8 Å². The molecule has 6 aromatic rings. The number of rotatable bonds is 7. The van der Waals surface area contributed by atoms with Crippen molar-refractivity contribution >= 4 is 38.1 Å². The highest BCUT2D eigenvalue weighted by Crippen LogP contribution is 2.33. The number of ether oxygens (including phenoxy) is 1. The molecule has 0 aliphatic carbocycles. The minimum Gasteiger partial charge on any atom is -0.420 e. The fourth-order valence-electron chi connectivity index (χ4n) is 4.22. The lowest BCUT2D eigenvalue weighted by molar-refractivity contribution is 0.446. The molecule has 2 aromatic carbocycles. The number of hydrogen-bond acceptors (Lipinski definition) is 11. The predicted molar refractivity (Wildman–Crippen MR) is 155 cm³/mol. The van der Waals surface area contributed by atoms with Crippen molar-refractivity contribution in [1.82, 2.24) is 30.1 Å². The Kier molecular flexibility index (Phi) is 6.65. The molecule has 0 spiro atoms. The monoisotopic (exact) mass is 562 g/mol. The van der Waals surface area contributed by atoms with E-state index in [0.717, 1.165) is 10.8 Å². The van der Waals surface area contributed by atoms with Gasteiger partial charge in [-0.15, -0.1) is 10.2 Å². The van der Waals surface area contributed by atoms with Gasteiger partial charge in [-0.3, -0.25) is 0 Å². The van der Waals surface area contributed by atoms with Gasteiger partial charge in [-0.25, -0.2) is 28.4 Å².